The number of aryl methyl sites for hydroxylation is 1. The van der Waals surface area contributed by atoms with Crippen molar-refractivity contribution in [2.75, 3.05) is 13.2 Å². The van der Waals surface area contributed by atoms with Gasteiger partial charge in [0.2, 0.25) is 0 Å². The second-order valence-corrected chi connectivity index (χ2v) is 6.34. The van der Waals surface area contributed by atoms with E-state index in [1.54, 1.807) is 0 Å². The summed E-state index contributed by atoms with van der Waals surface area (Å²) in [4.78, 5) is 14.0. The zero-order valence-corrected chi connectivity index (χ0v) is 12.9. The van der Waals surface area contributed by atoms with Gasteiger partial charge < -0.3 is 14.5 Å². The van der Waals surface area contributed by atoms with Gasteiger partial charge in [-0.25, -0.2) is 0 Å². The first-order valence-corrected chi connectivity index (χ1v) is 8.09. The van der Waals surface area contributed by atoms with Gasteiger partial charge in [-0.2, -0.15) is 0 Å². The molecule has 0 unspecified atom stereocenters. The molecule has 0 radical (unpaired) electrons. The van der Waals surface area contributed by atoms with Crippen LogP contribution >= 0.6 is 11.3 Å². The van der Waals surface area contributed by atoms with Crippen LogP contribution in [0.5, 0.6) is 0 Å². The first-order valence-electron chi connectivity index (χ1n) is 7.27. The number of rotatable bonds is 5. The Labute approximate surface area is 128 Å². The summed E-state index contributed by atoms with van der Waals surface area (Å²) in [5.74, 6) is 1.78. The van der Waals surface area contributed by atoms with Crippen molar-refractivity contribution in [3.8, 4) is 0 Å². The summed E-state index contributed by atoms with van der Waals surface area (Å²) >= 11 is 1.53. The molecule has 1 atom stereocenters. The molecule has 3 rings (SSSR count). The van der Waals surface area contributed by atoms with Crippen molar-refractivity contribution >= 4 is 17.2 Å². The highest BCUT2D eigenvalue weighted by Gasteiger charge is 2.20. The summed E-state index contributed by atoms with van der Waals surface area (Å²) in [6.07, 6.45) is 3.05. The summed E-state index contributed by atoms with van der Waals surface area (Å²) in [5.41, 5.74) is 0. The highest BCUT2D eigenvalue weighted by atomic mass is 32.1. The number of thiophene rings is 1. The molecular weight excluding hydrogens is 286 g/mol. The molecule has 2 aromatic heterocycles. The number of carbonyl (C=O) groups is 1. The van der Waals surface area contributed by atoms with Gasteiger partial charge in [-0.05, 0) is 44.0 Å². The molecule has 0 saturated carbocycles. The molecule has 1 amide bonds. The van der Waals surface area contributed by atoms with Crippen molar-refractivity contribution in [1.82, 2.24) is 5.32 Å². The third kappa shape index (κ3) is 3.54. The van der Waals surface area contributed by atoms with Crippen molar-refractivity contribution in [2.45, 2.75) is 32.3 Å². The Hall–Kier alpha value is -1.59. The van der Waals surface area contributed by atoms with Crippen molar-refractivity contribution < 1.29 is 13.9 Å². The van der Waals surface area contributed by atoms with Crippen LogP contribution in [0, 0.1) is 6.92 Å². The molecule has 1 aliphatic rings. The van der Waals surface area contributed by atoms with Crippen LogP contribution in [0.2, 0.25) is 0 Å². The van der Waals surface area contributed by atoms with Crippen molar-refractivity contribution in [3.05, 3.63) is 45.5 Å². The normalized spacial score (nSPS) is 18.0. The minimum absolute atomic E-state index is 0.0208. The molecule has 0 bridgehead atoms. The molecule has 0 aromatic carbocycles. The maximum Gasteiger partial charge on any atom is 0.261 e. The van der Waals surface area contributed by atoms with Crippen molar-refractivity contribution in [1.29, 1.82) is 0 Å². The minimum atomic E-state index is -0.0208. The molecule has 2 aromatic rings. The Morgan fingerprint density at radius 1 is 1.38 bits per heavy atom. The molecule has 0 spiro atoms. The Morgan fingerprint density at radius 3 is 3.00 bits per heavy atom. The second-order valence-electron chi connectivity index (χ2n) is 5.22. The fraction of sp³-hybridized carbons (Fsp3) is 0.438. The van der Waals surface area contributed by atoms with E-state index in [4.69, 9.17) is 9.15 Å². The maximum atomic E-state index is 12.1. The lowest BCUT2D eigenvalue weighted by Gasteiger charge is -2.05. The van der Waals surface area contributed by atoms with Crippen molar-refractivity contribution in [2.24, 2.45) is 0 Å². The van der Waals surface area contributed by atoms with Crippen LogP contribution in [0.25, 0.3) is 0 Å². The van der Waals surface area contributed by atoms with Gasteiger partial charge in [-0.1, -0.05) is 0 Å². The number of ether oxygens (including phenoxy) is 1. The maximum absolute atomic E-state index is 12.1. The molecular formula is C16H19NO3S. The first-order chi connectivity index (χ1) is 10.2. The molecule has 0 aliphatic carbocycles. The van der Waals surface area contributed by atoms with Gasteiger partial charge in [0.05, 0.1) is 11.0 Å². The molecule has 1 aliphatic heterocycles. The zero-order valence-electron chi connectivity index (χ0n) is 12.1. The van der Waals surface area contributed by atoms with Gasteiger partial charge in [-0.15, -0.1) is 11.3 Å². The fourth-order valence-electron chi connectivity index (χ4n) is 2.46. The summed E-state index contributed by atoms with van der Waals surface area (Å²) in [6, 6.07) is 7.77. The number of carbonyl (C=O) groups excluding carboxylic acids is 1. The lowest BCUT2D eigenvalue weighted by molar-refractivity contribution is 0.0958. The first kappa shape index (κ1) is 14.4. The number of hydrogen-bond acceptors (Lipinski definition) is 4. The Morgan fingerprint density at radius 2 is 2.29 bits per heavy atom. The van der Waals surface area contributed by atoms with Gasteiger partial charge >= 0.3 is 0 Å². The van der Waals surface area contributed by atoms with Crippen LogP contribution in [0.1, 0.15) is 45.0 Å². The highest BCUT2D eigenvalue weighted by Crippen LogP contribution is 2.33. The summed E-state index contributed by atoms with van der Waals surface area (Å²) < 4.78 is 11.1. The van der Waals surface area contributed by atoms with E-state index in [2.05, 4.69) is 5.32 Å². The van der Waals surface area contributed by atoms with Crippen LogP contribution in [0.15, 0.2) is 28.7 Å². The van der Waals surface area contributed by atoms with E-state index < -0.39 is 0 Å². The van der Waals surface area contributed by atoms with E-state index in [0.29, 0.717) is 13.0 Å². The Kier molecular flexibility index (Phi) is 4.41. The van der Waals surface area contributed by atoms with Crippen LogP contribution in [-0.2, 0) is 11.2 Å². The average Bonchev–Trinajstić information content (AvgIpc) is 3.19. The zero-order chi connectivity index (χ0) is 14.7. The molecule has 21 heavy (non-hydrogen) atoms. The average molecular weight is 305 g/mol. The third-order valence-electron chi connectivity index (χ3n) is 3.55. The van der Waals surface area contributed by atoms with Gasteiger partial charge in [0.25, 0.3) is 5.91 Å². The van der Waals surface area contributed by atoms with Crippen LogP contribution in [0.4, 0.5) is 0 Å². The fourth-order valence-corrected chi connectivity index (χ4v) is 3.46. The third-order valence-corrected chi connectivity index (χ3v) is 4.73. The SMILES string of the molecule is Cc1ccc(CCNC(=O)c2ccc([C@H]3CCCO3)s2)o1. The quantitative estimate of drug-likeness (QED) is 0.920. The predicted molar refractivity (Wildman–Crippen MR) is 81.7 cm³/mol. The number of amides is 1. The minimum Gasteiger partial charge on any atom is -0.466 e. The standard InChI is InChI=1S/C16H19NO3S/c1-11-4-5-12(20-11)8-9-17-16(18)15-7-6-14(21-15)13-3-2-10-19-13/h4-7,13H,2-3,8-10H2,1H3,(H,17,18)/t13-/m1/s1. The van der Waals surface area contributed by atoms with Crippen LogP contribution < -0.4 is 5.32 Å². The van der Waals surface area contributed by atoms with E-state index in [-0.39, 0.29) is 12.0 Å². The van der Waals surface area contributed by atoms with Gasteiger partial charge in [0.15, 0.2) is 0 Å². The van der Waals surface area contributed by atoms with E-state index in [1.165, 1.54) is 11.3 Å². The number of hydrogen-bond donors (Lipinski definition) is 1. The smallest absolute Gasteiger partial charge is 0.261 e. The lowest BCUT2D eigenvalue weighted by atomic mass is 10.2. The predicted octanol–water partition coefficient (Wildman–Crippen LogP) is 3.47. The Balaban J connectivity index is 1.50. The Bertz CT molecular complexity index is 611. The number of furan rings is 1. The summed E-state index contributed by atoms with van der Waals surface area (Å²) in [6.45, 7) is 3.33. The van der Waals surface area contributed by atoms with Gasteiger partial charge in [0.1, 0.15) is 11.5 Å². The van der Waals surface area contributed by atoms with Gasteiger partial charge in [0, 0.05) is 24.4 Å². The molecule has 1 N–H and O–H groups in total. The van der Waals surface area contributed by atoms with Crippen molar-refractivity contribution in [3.63, 3.8) is 0 Å². The van der Waals surface area contributed by atoms with E-state index in [1.807, 2.05) is 31.2 Å². The molecule has 1 fully saturated rings. The largest absolute Gasteiger partial charge is 0.466 e. The topological polar surface area (TPSA) is 51.5 Å². The summed E-state index contributed by atoms with van der Waals surface area (Å²) in [5, 5.41) is 2.93. The summed E-state index contributed by atoms with van der Waals surface area (Å²) in [7, 11) is 0. The van der Waals surface area contributed by atoms with Gasteiger partial charge in [-0.3, -0.25) is 4.79 Å². The molecule has 112 valence electrons. The van der Waals surface area contributed by atoms with E-state index in [0.717, 1.165) is 40.7 Å². The number of nitrogens with one attached hydrogen (secondary N) is 1. The lowest BCUT2D eigenvalue weighted by Crippen LogP contribution is -2.24. The van der Waals surface area contributed by atoms with E-state index in [9.17, 15) is 4.79 Å². The monoisotopic (exact) mass is 305 g/mol. The molecule has 1 saturated heterocycles. The molecule has 3 heterocycles. The highest BCUT2D eigenvalue weighted by molar-refractivity contribution is 7.14. The molecule has 4 nitrogen and oxygen atoms in total. The van der Waals surface area contributed by atoms with Crippen LogP contribution in [0.3, 0.4) is 0 Å². The molecule has 5 heteroatoms. The van der Waals surface area contributed by atoms with E-state index >= 15 is 0 Å². The second kappa shape index (κ2) is 6.45. The van der Waals surface area contributed by atoms with Crippen LogP contribution in [-0.4, -0.2) is 19.1 Å².